The van der Waals surface area contributed by atoms with Crippen LogP contribution in [0.5, 0.6) is 0 Å². The fourth-order valence-electron chi connectivity index (χ4n) is 1.89. The first-order chi connectivity index (χ1) is 12.5. The first kappa shape index (κ1) is 20.4. The fourth-order valence-corrected chi connectivity index (χ4v) is 2.99. The van der Waals surface area contributed by atoms with Gasteiger partial charge < -0.3 is 10.1 Å². The topological polar surface area (TPSA) is 55.4 Å². The lowest BCUT2D eigenvalue weighted by Crippen LogP contribution is -2.30. The van der Waals surface area contributed by atoms with Crippen molar-refractivity contribution in [2.45, 2.75) is 4.90 Å². The van der Waals surface area contributed by atoms with Gasteiger partial charge in [0.2, 0.25) is 0 Å². The van der Waals surface area contributed by atoms with E-state index in [2.05, 4.69) is 5.32 Å². The molecular weight excluding hydrogens is 393 g/mol. The van der Waals surface area contributed by atoms with Crippen LogP contribution in [0.4, 0.5) is 0 Å². The first-order valence-corrected chi connectivity index (χ1v) is 9.53. The summed E-state index contributed by atoms with van der Waals surface area (Å²) in [5.74, 6) is -0.208. The highest BCUT2D eigenvalue weighted by atomic mass is 35.5. The third-order valence-corrected chi connectivity index (χ3v) is 4.89. The van der Waals surface area contributed by atoms with E-state index >= 15 is 0 Å². The van der Waals surface area contributed by atoms with E-state index in [4.69, 9.17) is 27.9 Å². The number of thioether (sulfide) groups is 1. The van der Waals surface area contributed by atoms with E-state index in [-0.39, 0.29) is 12.5 Å². The van der Waals surface area contributed by atoms with Gasteiger partial charge in [-0.25, -0.2) is 4.79 Å². The SMILES string of the molecule is O=C(COC(=O)/C=C/c1ccc(Cl)c(Cl)c1)NCCSc1ccccc1. The molecule has 7 heteroatoms. The van der Waals surface area contributed by atoms with Crippen LogP contribution in [-0.2, 0) is 14.3 Å². The summed E-state index contributed by atoms with van der Waals surface area (Å²) in [6, 6.07) is 14.9. The first-order valence-electron chi connectivity index (χ1n) is 7.79. The van der Waals surface area contributed by atoms with Gasteiger partial charge in [0.25, 0.3) is 5.91 Å². The Morgan fingerprint density at radius 3 is 2.58 bits per heavy atom. The van der Waals surface area contributed by atoms with E-state index < -0.39 is 5.97 Å². The van der Waals surface area contributed by atoms with E-state index in [0.717, 1.165) is 10.6 Å². The highest BCUT2D eigenvalue weighted by molar-refractivity contribution is 7.99. The van der Waals surface area contributed by atoms with E-state index in [1.165, 1.54) is 6.08 Å². The van der Waals surface area contributed by atoms with Crippen LogP contribution >= 0.6 is 35.0 Å². The molecule has 1 N–H and O–H groups in total. The van der Waals surface area contributed by atoms with Crippen molar-refractivity contribution in [1.29, 1.82) is 0 Å². The highest BCUT2D eigenvalue weighted by Crippen LogP contribution is 2.23. The van der Waals surface area contributed by atoms with Gasteiger partial charge in [-0.05, 0) is 35.9 Å². The summed E-state index contributed by atoms with van der Waals surface area (Å²) in [5.41, 5.74) is 0.707. The molecule has 0 aliphatic rings. The Balaban J connectivity index is 1.64. The van der Waals surface area contributed by atoms with E-state index in [0.29, 0.717) is 22.2 Å². The molecule has 0 heterocycles. The molecule has 0 saturated heterocycles. The quantitative estimate of drug-likeness (QED) is 0.302. The second-order valence-electron chi connectivity index (χ2n) is 5.13. The molecule has 2 rings (SSSR count). The van der Waals surface area contributed by atoms with Crippen molar-refractivity contribution in [2.75, 3.05) is 18.9 Å². The Morgan fingerprint density at radius 2 is 1.85 bits per heavy atom. The number of hydrogen-bond donors (Lipinski definition) is 1. The molecule has 0 unspecified atom stereocenters. The third-order valence-electron chi connectivity index (χ3n) is 3.14. The van der Waals surface area contributed by atoms with Gasteiger partial charge >= 0.3 is 5.97 Å². The Kier molecular flexibility index (Phi) is 8.54. The molecule has 0 aliphatic heterocycles. The van der Waals surface area contributed by atoms with Gasteiger partial charge in [0.05, 0.1) is 10.0 Å². The molecule has 0 fully saturated rings. The minimum Gasteiger partial charge on any atom is -0.452 e. The minimum atomic E-state index is -0.607. The average molecular weight is 410 g/mol. The molecular formula is C19H17Cl2NO3S. The molecule has 4 nitrogen and oxygen atoms in total. The summed E-state index contributed by atoms with van der Waals surface area (Å²) in [5, 5.41) is 3.54. The molecule has 0 aliphatic carbocycles. The van der Waals surface area contributed by atoms with Gasteiger partial charge in [0.15, 0.2) is 6.61 Å². The number of esters is 1. The van der Waals surface area contributed by atoms with Crippen molar-refractivity contribution in [1.82, 2.24) is 5.32 Å². The second kappa shape index (κ2) is 10.9. The number of halogens is 2. The molecule has 0 aromatic heterocycles. The number of carbonyl (C=O) groups is 2. The lowest BCUT2D eigenvalue weighted by Gasteiger charge is -2.05. The fraction of sp³-hybridized carbons (Fsp3) is 0.158. The smallest absolute Gasteiger partial charge is 0.331 e. The van der Waals surface area contributed by atoms with Crippen LogP contribution < -0.4 is 5.32 Å². The molecule has 0 bridgehead atoms. The number of nitrogens with one attached hydrogen (secondary N) is 1. The summed E-state index contributed by atoms with van der Waals surface area (Å²) < 4.78 is 4.89. The Labute approximate surface area is 166 Å². The van der Waals surface area contributed by atoms with Gasteiger partial charge in [-0.1, -0.05) is 47.5 Å². The summed E-state index contributed by atoms with van der Waals surface area (Å²) in [6.07, 6.45) is 2.77. The van der Waals surface area contributed by atoms with Crippen molar-refractivity contribution in [2.24, 2.45) is 0 Å². The number of carbonyl (C=O) groups excluding carboxylic acids is 2. The highest BCUT2D eigenvalue weighted by Gasteiger charge is 2.05. The summed E-state index contributed by atoms with van der Waals surface area (Å²) in [4.78, 5) is 24.4. The van der Waals surface area contributed by atoms with Crippen LogP contribution in [0.2, 0.25) is 10.0 Å². The zero-order valence-corrected chi connectivity index (χ0v) is 16.1. The van der Waals surface area contributed by atoms with Crippen LogP contribution in [0.1, 0.15) is 5.56 Å². The van der Waals surface area contributed by atoms with Crippen molar-refractivity contribution in [3.05, 3.63) is 70.2 Å². The molecule has 2 aromatic rings. The predicted molar refractivity (Wildman–Crippen MR) is 107 cm³/mol. The maximum absolute atomic E-state index is 11.7. The summed E-state index contributed by atoms with van der Waals surface area (Å²) in [7, 11) is 0. The molecule has 0 radical (unpaired) electrons. The van der Waals surface area contributed by atoms with Crippen LogP contribution in [-0.4, -0.2) is 30.8 Å². The lowest BCUT2D eigenvalue weighted by atomic mass is 10.2. The van der Waals surface area contributed by atoms with Crippen LogP contribution in [0, 0.1) is 0 Å². The number of benzene rings is 2. The Bertz CT molecular complexity index is 782. The minimum absolute atomic E-state index is 0.319. The summed E-state index contributed by atoms with van der Waals surface area (Å²) in [6.45, 7) is 0.176. The molecule has 0 saturated carbocycles. The van der Waals surface area contributed by atoms with Crippen molar-refractivity contribution in [3.63, 3.8) is 0 Å². The zero-order chi connectivity index (χ0) is 18.8. The summed E-state index contributed by atoms with van der Waals surface area (Å²) >= 11 is 13.4. The Morgan fingerprint density at radius 1 is 1.08 bits per heavy atom. The van der Waals surface area contributed by atoms with Crippen molar-refractivity contribution < 1.29 is 14.3 Å². The largest absolute Gasteiger partial charge is 0.452 e. The maximum atomic E-state index is 11.7. The maximum Gasteiger partial charge on any atom is 0.331 e. The van der Waals surface area contributed by atoms with Gasteiger partial charge in [-0.3, -0.25) is 4.79 Å². The van der Waals surface area contributed by atoms with Crippen LogP contribution in [0.25, 0.3) is 6.08 Å². The Hall–Kier alpha value is -1.95. The second-order valence-corrected chi connectivity index (χ2v) is 7.11. The van der Waals surface area contributed by atoms with Crippen LogP contribution in [0.15, 0.2) is 59.5 Å². The monoisotopic (exact) mass is 409 g/mol. The standard InChI is InChI=1S/C19H17Cl2NO3S/c20-16-8-6-14(12-17(16)21)7-9-19(24)25-13-18(23)22-10-11-26-15-4-2-1-3-5-15/h1-9,12H,10-11,13H2,(H,22,23)/b9-7+. The lowest BCUT2D eigenvalue weighted by molar-refractivity contribution is -0.143. The number of hydrogen-bond acceptors (Lipinski definition) is 4. The van der Waals surface area contributed by atoms with Crippen LogP contribution in [0.3, 0.4) is 0 Å². The molecule has 136 valence electrons. The van der Waals surface area contributed by atoms with Gasteiger partial charge in [0.1, 0.15) is 0 Å². The van der Waals surface area contributed by atoms with Gasteiger partial charge in [-0.2, -0.15) is 0 Å². The molecule has 0 spiro atoms. The molecule has 1 amide bonds. The van der Waals surface area contributed by atoms with E-state index in [9.17, 15) is 9.59 Å². The van der Waals surface area contributed by atoms with Crippen molar-refractivity contribution >= 4 is 52.9 Å². The number of ether oxygens (including phenoxy) is 1. The molecule has 26 heavy (non-hydrogen) atoms. The average Bonchev–Trinajstić information content (AvgIpc) is 2.65. The van der Waals surface area contributed by atoms with Gasteiger partial charge in [0, 0.05) is 23.3 Å². The number of rotatable bonds is 8. The number of amides is 1. The van der Waals surface area contributed by atoms with E-state index in [1.54, 1.807) is 36.0 Å². The van der Waals surface area contributed by atoms with Gasteiger partial charge in [-0.15, -0.1) is 11.8 Å². The third kappa shape index (κ3) is 7.52. The van der Waals surface area contributed by atoms with Crippen molar-refractivity contribution in [3.8, 4) is 0 Å². The zero-order valence-electron chi connectivity index (χ0n) is 13.8. The normalized spacial score (nSPS) is 10.7. The predicted octanol–water partition coefficient (Wildman–Crippen LogP) is 4.46. The molecule has 0 atom stereocenters. The molecule has 2 aromatic carbocycles. The van der Waals surface area contributed by atoms with E-state index in [1.807, 2.05) is 30.3 Å².